The average Bonchev–Trinajstić information content (AvgIpc) is 2.52. The first kappa shape index (κ1) is 13.6. The summed E-state index contributed by atoms with van der Waals surface area (Å²) in [7, 11) is 0. The molecule has 5 nitrogen and oxygen atoms in total. The Morgan fingerprint density at radius 2 is 2.10 bits per heavy atom. The largest absolute Gasteiger partial charge is 0.481 e. The second-order valence-electron chi connectivity index (χ2n) is 3.92. The molecule has 0 amide bonds. The van der Waals surface area contributed by atoms with Gasteiger partial charge in [-0.15, -0.1) is 0 Å². The minimum atomic E-state index is -0.499. The molecule has 2 rings (SSSR count). The van der Waals surface area contributed by atoms with Crippen molar-refractivity contribution in [2.75, 3.05) is 6.61 Å². The van der Waals surface area contributed by atoms with E-state index in [2.05, 4.69) is 4.98 Å². The van der Waals surface area contributed by atoms with E-state index in [0.29, 0.717) is 11.3 Å². The van der Waals surface area contributed by atoms with Gasteiger partial charge in [0.15, 0.2) is 6.61 Å². The fourth-order valence-electron chi connectivity index (χ4n) is 1.51. The molecule has 0 atom stereocenters. The van der Waals surface area contributed by atoms with Crippen molar-refractivity contribution >= 4 is 5.97 Å². The van der Waals surface area contributed by atoms with Crippen LogP contribution in [0.15, 0.2) is 48.8 Å². The Labute approximate surface area is 116 Å². The molecule has 1 aromatic heterocycles. The average molecular weight is 268 g/mol. The first-order valence-corrected chi connectivity index (χ1v) is 5.96. The topological polar surface area (TPSA) is 72.2 Å². The van der Waals surface area contributed by atoms with Crippen LogP contribution in [0.1, 0.15) is 11.1 Å². The molecule has 0 aliphatic heterocycles. The number of hydrogen-bond acceptors (Lipinski definition) is 5. The summed E-state index contributed by atoms with van der Waals surface area (Å²) in [4.78, 5) is 15.5. The molecule has 0 radical (unpaired) electrons. The van der Waals surface area contributed by atoms with Crippen molar-refractivity contribution in [1.82, 2.24) is 4.98 Å². The van der Waals surface area contributed by atoms with E-state index in [9.17, 15) is 4.79 Å². The van der Waals surface area contributed by atoms with E-state index < -0.39 is 5.97 Å². The van der Waals surface area contributed by atoms with Crippen LogP contribution < -0.4 is 4.74 Å². The SMILES string of the molecule is N#Cc1ccccc1OCC(=O)OCc1cccnc1. The van der Waals surface area contributed by atoms with Gasteiger partial charge < -0.3 is 9.47 Å². The number of aromatic nitrogens is 1. The van der Waals surface area contributed by atoms with Crippen molar-refractivity contribution in [3.63, 3.8) is 0 Å². The highest BCUT2D eigenvalue weighted by Crippen LogP contribution is 2.16. The lowest BCUT2D eigenvalue weighted by Crippen LogP contribution is -2.15. The maximum absolute atomic E-state index is 11.5. The van der Waals surface area contributed by atoms with Crippen LogP contribution in [0.25, 0.3) is 0 Å². The van der Waals surface area contributed by atoms with Crippen molar-refractivity contribution in [2.45, 2.75) is 6.61 Å². The molecule has 0 N–H and O–H groups in total. The van der Waals surface area contributed by atoms with Crippen LogP contribution in [0.2, 0.25) is 0 Å². The Morgan fingerprint density at radius 1 is 1.25 bits per heavy atom. The summed E-state index contributed by atoms with van der Waals surface area (Å²) in [6, 6.07) is 12.3. The van der Waals surface area contributed by atoms with Crippen molar-refractivity contribution < 1.29 is 14.3 Å². The van der Waals surface area contributed by atoms with Crippen LogP contribution in [0.4, 0.5) is 0 Å². The number of esters is 1. The van der Waals surface area contributed by atoms with Gasteiger partial charge in [0.25, 0.3) is 0 Å². The molecule has 0 spiro atoms. The third kappa shape index (κ3) is 3.82. The summed E-state index contributed by atoms with van der Waals surface area (Å²) in [5, 5.41) is 8.88. The molecule has 0 saturated carbocycles. The minimum Gasteiger partial charge on any atom is -0.481 e. The van der Waals surface area contributed by atoms with E-state index in [4.69, 9.17) is 14.7 Å². The van der Waals surface area contributed by atoms with Gasteiger partial charge in [-0.25, -0.2) is 4.79 Å². The lowest BCUT2D eigenvalue weighted by molar-refractivity contribution is -0.147. The smallest absolute Gasteiger partial charge is 0.344 e. The third-order valence-corrected chi connectivity index (χ3v) is 2.48. The number of carbonyl (C=O) groups excluding carboxylic acids is 1. The fraction of sp³-hybridized carbons (Fsp3) is 0.133. The predicted molar refractivity (Wildman–Crippen MR) is 70.7 cm³/mol. The van der Waals surface area contributed by atoms with Gasteiger partial charge in [0.05, 0.1) is 5.56 Å². The molecule has 0 aliphatic carbocycles. The number of ether oxygens (including phenoxy) is 2. The molecule has 0 aliphatic rings. The second-order valence-corrected chi connectivity index (χ2v) is 3.92. The highest BCUT2D eigenvalue weighted by molar-refractivity contribution is 5.71. The van der Waals surface area contributed by atoms with Crippen LogP contribution in [0.3, 0.4) is 0 Å². The first-order valence-electron chi connectivity index (χ1n) is 5.96. The van der Waals surface area contributed by atoms with E-state index in [-0.39, 0.29) is 13.2 Å². The number of benzene rings is 1. The molecule has 0 bridgehead atoms. The number of pyridine rings is 1. The zero-order valence-corrected chi connectivity index (χ0v) is 10.7. The number of rotatable bonds is 5. The molecule has 100 valence electrons. The van der Waals surface area contributed by atoms with Gasteiger partial charge in [-0.1, -0.05) is 18.2 Å². The van der Waals surface area contributed by atoms with Gasteiger partial charge in [-0.2, -0.15) is 5.26 Å². The second kappa shape index (κ2) is 6.90. The highest BCUT2D eigenvalue weighted by atomic mass is 16.6. The van der Waals surface area contributed by atoms with E-state index >= 15 is 0 Å². The van der Waals surface area contributed by atoms with Gasteiger partial charge in [0.1, 0.15) is 18.4 Å². The van der Waals surface area contributed by atoms with Crippen LogP contribution >= 0.6 is 0 Å². The van der Waals surface area contributed by atoms with Gasteiger partial charge in [-0.3, -0.25) is 4.98 Å². The van der Waals surface area contributed by atoms with Gasteiger partial charge in [0, 0.05) is 18.0 Å². The van der Waals surface area contributed by atoms with Gasteiger partial charge in [-0.05, 0) is 18.2 Å². The van der Waals surface area contributed by atoms with Crippen LogP contribution in [-0.2, 0) is 16.1 Å². The molecule has 1 heterocycles. The van der Waals surface area contributed by atoms with Crippen LogP contribution in [-0.4, -0.2) is 17.6 Å². The summed E-state index contributed by atoms with van der Waals surface area (Å²) in [6.07, 6.45) is 3.27. The van der Waals surface area contributed by atoms with E-state index in [1.807, 2.05) is 12.1 Å². The van der Waals surface area contributed by atoms with Crippen molar-refractivity contribution in [1.29, 1.82) is 5.26 Å². The molecule has 0 unspecified atom stereocenters. The Bertz CT molecular complexity index is 621. The Hall–Kier alpha value is -2.87. The van der Waals surface area contributed by atoms with E-state index in [1.54, 1.807) is 42.7 Å². The summed E-state index contributed by atoms with van der Waals surface area (Å²) < 4.78 is 10.3. The third-order valence-electron chi connectivity index (χ3n) is 2.48. The maximum atomic E-state index is 11.5. The Balaban J connectivity index is 1.82. The molecule has 0 saturated heterocycles. The quantitative estimate of drug-likeness (QED) is 0.776. The summed E-state index contributed by atoms with van der Waals surface area (Å²) in [5.74, 6) is -0.130. The maximum Gasteiger partial charge on any atom is 0.344 e. The van der Waals surface area contributed by atoms with E-state index in [0.717, 1.165) is 5.56 Å². The highest BCUT2D eigenvalue weighted by Gasteiger charge is 2.07. The number of para-hydroxylation sites is 1. The molecule has 1 aromatic carbocycles. The monoisotopic (exact) mass is 268 g/mol. The zero-order chi connectivity index (χ0) is 14.2. The molecule has 20 heavy (non-hydrogen) atoms. The number of hydrogen-bond donors (Lipinski definition) is 0. The number of nitriles is 1. The minimum absolute atomic E-state index is 0.149. The Kier molecular flexibility index (Phi) is 4.68. The van der Waals surface area contributed by atoms with Crippen molar-refractivity contribution in [3.05, 3.63) is 59.9 Å². The van der Waals surface area contributed by atoms with Crippen molar-refractivity contribution in [3.8, 4) is 11.8 Å². The lowest BCUT2D eigenvalue weighted by Gasteiger charge is -2.07. The first-order chi connectivity index (χ1) is 9.79. The summed E-state index contributed by atoms with van der Waals surface area (Å²) in [5.41, 5.74) is 1.19. The molecule has 2 aromatic rings. The normalized spacial score (nSPS) is 9.55. The molecule has 5 heteroatoms. The zero-order valence-electron chi connectivity index (χ0n) is 10.7. The van der Waals surface area contributed by atoms with Gasteiger partial charge >= 0.3 is 5.97 Å². The molecular formula is C15H12N2O3. The fourth-order valence-corrected chi connectivity index (χ4v) is 1.51. The standard InChI is InChI=1S/C15H12N2O3/c16-8-13-5-1-2-6-14(13)19-11-15(18)20-10-12-4-3-7-17-9-12/h1-7,9H,10-11H2. The summed E-state index contributed by atoms with van der Waals surface area (Å²) in [6.45, 7) is -0.0884. The molecular weight excluding hydrogens is 256 g/mol. The Morgan fingerprint density at radius 3 is 2.85 bits per heavy atom. The predicted octanol–water partition coefficient (Wildman–Crippen LogP) is 2.08. The number of carbonyl (C=O) groups is 1. The number of nitrogens with zero attached hydrogens (tertiary/aromatic N) is 2. The lowest BCUT2D eigenvalue weighted by atomic mass is 10.2. The van der Waals surface area contributed by atoms with Crippen LogP contribution in [0.5, 0.6) is 5.75 Å². The van der Waals surface area contributed by atoms with E-state index in [1.165, 1.54) is 0 Å². The van der Waals surface area contributed by atoms with Crippen molar-refractivity contribution in [2.24, 2.45) is 0 Å². The van der Waals surface area contributed by atoms with Crippen LogP contribution in [0, 0.1) is 11.3 Å². The molecule has 0 fully saturated rings. The van der Waals surface area contributed by atoms with Gasteiger partial charge in [0.2, 0.25) is 0 Å². The summed E-state index contributed by atoms with van der Waals surface area (Å²) >= 11 is 0.